The van der Waals surface area contributed by atoms with E-state index >= 15 is 0 Å². The van der Waals surface area contributed by atoms with Crippen LogP contribution in [-0.4, -0.2) is 76.0 Å². The Hall–Kier alpha value is -2.33. The van der Waals surface area contributed by atoms with Gasteiger partial charge in [-0.15, -0.1) is 0 Å². The molecule has 9 atom stereocenters. The molecule has 0 amide bonds. The van der Waals surface area contributed by atoms with E-state index in [1.807, 2.05) is 24.3 Å². The van der Waals surface area contributed by atoms with Crippen LogP contribution in [-0.2, 0) is 34.8 Å². The van der Waals surface area contributed by atoms with E-state index < -0.39 is 13.9 Å². The Morgan fingerprint density at radius 1 is 1.07 bits per heavy atom. The third kappa shape index (κ3) is 11.9. The summed E-state index contributed by atoms with van der Waals surface area (Å²) in [5, 5.41) is 0.0768. The van der Waals surface area contributed by atoms with Crippen LogP contribution in [0, 0.1) is 5.92 Å². The van der Waals surface area contributed by atoms with Crippen molar-refractivity contribution in [3.8, 4) is 11.5 Å². The number of methoxy groups -OCH3 is 2. The first-order valence-corrected chi connectivity index (χ1v) is 24.6. The van der Waals surface area contributed by atoms with Crippen molar-refractivity contribution in [3.63, 3.8) is 0 Å². The van der Waals surface area contributed by atoms with Gasteiger partial charge in [0, 0.05) is 31.6 Å². The largest absolute Gasteiger partial charge is 0.493 e. The summed E-state index contributed by atoms with van der Waals surface area (Å²) in [5.74, 6) is 2.04. The predicted molar refractivity (Wildman–Crippen MR) is 234 cm³/mol. The molecule has 12 heteroatoms. The van der Waals surface area contributed by atoms with Crippen LogP contribution in [0.4, 0.5) is 0 Å². The zero-order valence-electron chi connectivity index (χ0n) is 35.8. The quantitative estimate of drug-likeness (QED) is 0.0699. The number of rotatable bonds is 16. The highest BCUT2D eigenvalue weighted by atomic mass is 127. The predicted octanol–water partition coefficient (Wildman–Crippen LogP) is 10.9. The van der Waals surface area contributed by atoms with Gasteiger partial charge in [-0.1, -0.05) is 74.6 Å². The maximum absolute atomic E-state index is 11.3. The van der Waals surface area contributed by atoms with E-state index in [1.165, 1.54) is 5.57 Å². The van der Waals surface area contributed by atoms with Gasteiger partial charge in [-0.05, 0) is 91.1 Å². The molecule has 0 saturated carbocycles. The summed E-state index contributed by atoms with van der Waals surface area (Å²) in [7, 11) is 1.23. The zero-order chi connectivity index (χ0) is 41.5. The average molecular weight is 920 g/mol. The van der Waals surface area contributed by atoms with Gasteiger partial charge >= 0.3 is 0 Å². The highest BCUT2D eigenvalue weighted by Crippen LogP contribution is 2.44. The number of hydrogen-bond donors (Lipinski definition) is 0. The average Bonchev–Trinajstić information content (AvgIpc) is 3.63. The van der Waals surface area contributed by atoms with Gasteiger partial charge in [0.15, 0.2) is 19.8 Å². The first-order valence-electron chi connectivity index (χ1n) is 20.5. The van der Waals surface area contributed by atoms with Gasteiger partial charge in [0.1, 0.15) is 24.3 Å². The molecule has 0 bridgehead atoms. The summed E-state index contributed by atoms with van der Waals surface area (Å²) in [5.41, 5.74) is 3.61. The number of carbonyl (C=O) groups is 1. The van der Waals surface area contributed by atoms with Gasteiger partial charge in [-0.25, -0.2) is 4.98 Å². The molecule has 10 nitrogen and oxygen atoms in total. The van der Waals surface area contributed by atoms with E-state index in [9.17, 15) is 4.79 Å². The highest BCUT2D eigenvalue weighted by molar-refractivity contribution is 14.1. The molecular formula is C45H66INO9Si. The molecule has 1 aromatic carbocycles. The Kier molecular flexibility index (Phi) is 15.9. The smallest absolute Gasteiger partial charge is 0.218 e. The van der Waals surface area contributed by atoms with E-state index in [4.69, 9.17) is 42.2 Å². The molecule has 3 aliphatic rings. The number of aldehydes is 1. The lowest BCUT2D eigenvalue weighted by Gasteiger charge is -2.46. The lowest BCUT2D eigenvalue weighted by molar-refractivity contribution is -0.180. The molecule has 0 radical (unpaired) electrons. The van der Waals surface area contributed by atoms with Gasteiger partial charge < -0.3 is 42.1 Å². The number of hydrogen-bond acceptors (Lipinski definition) is 10. The van der Waals surface area contributed by atoms with E-state index in [0.717, 1.165) is 48.8 Å². The fourth-order valence-corrected chi connectivity index (χ4v) is 9.96. The molecule has 4 heterocycles. The highest BCUT2D eigenvalue weighted by Gasteiger charge is 2.45. The number of oxazole rings is 1. The van der Waals surface area contributed by atoms with Crippen molar-refractivity contribution >= 4 is 43.3 Å². The minimum atomic E-state index is -2.06. The van der Waals surface area contributed by atoms with E-state index in [1.54, 1.807) is 20.5 Å². The molecule has 57 heavy (non-hydrogen) atoms. The number of benzene rings is 1. The van der Waals surface area contributed by atoms with Gasteiger partial charge in [0.25, 0.3) is 0 Å². The normalized spacial score (nSPS) is 30.4. The molecule has 0 aliphatic carbocycles. The fraction of sp³-hybridized carbons (Fsp3) is 0.644. The van der Waals surface area contributed by atoms with Crippen LogP contribution in [0.25, 0.3) is 6.08 Å². The van der Waals surface area contributed by atoms with Crippen molar-refractivity contribution in [2.75, 3.05) is 14.2 Å². The number of halogens is 1. The first-order chi connectivity index (χ1) is 27.0. The first kappa shape index (κ1) is 45.7. The van der Waals surface area contributed by atoms with E-state index in [2.05, 4.69) is 94.0 Å². The van der Waals surface area contributed by atoms with Crippen molar-refractivity contribution in [3.05, 3.63) is 69.5 Å². The van der Waals surface area contributed by atoms with Crippen LogP contribution in [0.2, 0.25) is 18.1 Å². The van der Waals surface area contributed by atoms with Gasteiger partial charge in [-0.3, -0.25) is 0 Å². The maximum atomic E-state index is 11.3. The summed E-state index contributed by atoms with van der Waals surface area (Å²) < 4.78 is 52.7. The van der Waals surface area contributed by atoms with E-state index in [0.29, 0.717) is 49.7 Å². The third-order valence-electron chi connectivity index (χ3n) is 12.5. The van der Waals surface area contributed by atoms with Crippen LogP contribution in [0.5, 0.6) is 11.5 Å². The Bertz CT molecular complexity index is 1720. The summed E-state index contributed by atoms with van der Waals surface area (Å²) in [6, 6.07) is 5.90. The lowest BCUT2D eigenvalue weighted by Crippen LogP contribution is -2.50. The van der Waals surface area contributed by atoms with Crippen molar-refractivity contribution in [1.29, 1.82) is 0 Å². The molecule has 316 valence electrons. The Morgan fingerprint density at radius 3 is 2.49 bits per heavy atom. The van der Waals surface area contributed by atoms with E-state index in [-0.39, 0.29) is 53.7 Å². The lowest BCUT2D eigenvalue weighted by atomic mass is 9.80. The molecule has 5 rings (SSSR count). The van der Waals surface area contributed by atoms with Crippen LogP contribution in [0.1, 0.15) is 116 Å². The van der Waals surface area contributed by atoms with Gasteiger partial charge in [0.2, 0.25) is 5.89 Å². The molecule has 3 saturated heterocycles. The molecule has 1 aromatic heterocycles. The fourth-order valence-electron chi connectivity index (χ4n) is 7.92. The SMILES string of the molecule is C=C1C[C@H](C[C@@H]2C[C@@H](O[Si](C)(C)C(C)(C)C)C[C@H](c3coc(/C=C/C[C@H]4O[C@@](C)(/C(C)=C/I)C[C@@H](OCc5ccc(OC)c(OC)c5)[C@H]4C)n3)O2)O[C@@H](CC=O)C1. The monoisotopic (exact) mass is 919 g/mol. The maximum Gasteiger partial charge on any atom is 0.218 e. The number of ether oxygens (including phenoxy) is 6. The summed E-state index contributed by atoms with van der Waals surface area (Å²) in [4.78, 5) is 16.2. The Morgan fingerprint density at radius 2 is 1.81 bits per heavy atom. The second-order valence-corrected chi connectivity index (χ2v) is 23.3. The summed E-state index contributed by atoms with van der Waals surface area (Å²) in [6.07, 6.45) is 11.5. The Labute approximate surface area is 355 Å². The number of aromatic nitrogens is 1. The second kappa shape index (κ2) is 19.8. The summed E-state index contributed by atoms with van der Waals surface area (Å²) in [6.45, 7) is 22.6. The van der Waals surface area contributed by atoms with Crippen molar-refractivity contribution in [1.82, 2.24) is 4.98 Å². The van der Waals surface area contributed by atoms with Crippen molar-refractivity contribution in [2.45, 2.75) is 166 Å². The van der Waals surface area contributed by atoms with Crippen LogP contribution in [0.3, 0.4) is 0 Å². The van der Waals surface area contributed by atoms with Crippen molar-refractivity contribution in [2.24, 2.45) is 5.92 Å². The van der Waals surface area contributed by atoms with Gasteiger partial charge in [0.05, 0.1) is 63.1 Å². The second-order valence-electron chi connectivity index (χ2n) is 17.9. The molecule has 3 aliphatic heterocycles. The minimum absolute atomic E-state index is 0.0177. The molecule has 3 fully saturated rings. The minimum Gasteiger partial charge on any atom is -0.493 e. The summed E-state index contributed by atoms with van der Waals surface area (Å²) >= 11 is 2.30. The third-order valence-corrected chi connectivity index (χ3v) is 18.0. The zero-order valence-corrected chi connectivity index (χ0v) is 39.0. The van der Waals surface area contributed by atoms with Crippen LogP contribution >= 0.6 is 22.6 Å². The molecular weight excluding hydrogens is 853 g/mol. The molecule has 0 spiro atoms. The standard InChI is InChI=1S/C45H66INO9Si/c1-29-19-33(17-18-48)53-34(20-29)22-35-23-36(56-57(10,11)44(4,5)6)24-40(54-35)37-28-52-43(47-37)14-12-13-38-31(3)42(25-45(7,55-38)30(2)26-46)51-27-32-15-16-39(49-8)41(21-32)50-9/h12,14-16,18,21,26,28,31,33-36,38,40,42H,1,13,17,19-20,22-25,27H2,2-11H3/b14-12+,30-26+/t31-,33-,34+,35+,36+,38+,40+,42+,45+/m0/s1. The number of nitrogens with zero attached hydrogens (tertiary/aromatic N) is 1. The Balaban J connectivity index is 1.28. The molecule has 0 N–H and O–H groups in total. The van der Waals surface area contributed by atoms with Gasteiger partial charge in [-0.2, -0.15) is 0 Å². The molecule has 0 unspecified atom stereocenters. The van der Waals surface area contributed by atoms with Crippen LogP contribution < -0.4 is 9.47 Å². The van der Waals surface area contributed by atoms with Crippen molar-refractivity contribution < 1.29 is 42.1 Å². The molecule has 2 aromatic rings. The number of carbonyl (C=O) groups excluding carboxylic acids is 1. The van der Waals surface area contributed by atoms with Crippen LogP contribution in [0.15, 0.2) is 56.8 Å². The topological polar surface area (TPSA) is 108 Å².